The summed E-state index contributed by atoms with van der Waals surface area (Å²) in [5.74, 6) is -3.87. The molecule has 1 aliphatic heterocycles. The molecule has 1 saturated heterocycles. The molecule has 1 N–H and O–H groups in total. The van der Waals surface area contributed by atoms with Gasteiger partial charge in [-0.1, -0.05) is 0 Å². The number of alkyl halides is 2. The third-order valence-corrected chi connectivity index (χ3v) is 4.95. The summed E-state index contributed by atoms with van der Waals surface area (Å²) in [6.45, 7) is 0.926. The Balaban J connectivity index is 1.63. The van der Waals surface area contributed by atoms with Gasteiger partial charge in [0.05, 0.1) is 26.3 Å². The maximum Gasteiger partial charge on any atom is 0.253 e. The van der Waals surface area contributed by atoms with E-state index in [4.69, 9.17) is 9.47 Å². The van der Waals surface area contributed by atoms with Gasteiger partial charge >= 0.3 is 0 Å². The van der Waals surface area contributed by atoms with Crippen LogP contribution in [0.2, 0.25) is 0 Å². The summed E-state index contributed by atoms with van der Waals surface area (Å²) in [5.41, 5.74) is 0.409. The van der Waals surface area contributed by atoms with E-state index in [1.807, 2.05) is 0 Å². The average Bonchev–Trinajstić information content (AvgIpc) is 3.13. The van der Waals surface area contributed by atoms with Crippen molar-refractivity contribution in [2.45, 2.75) is 44.2 Å². The molecule has 1 aromatic heterocycles. The Bertz CT molecular complexity index is 688. The minimum absolute atomic E-state index is 0.0201. The van der Waals surface area contributed by atoms with Crippen LogP contribution in [0.4, 0.5) is 13.2 Å². The number of carbonyl (C=O) groups excluding carboxylic acids is 1. The highest BCUT2D eigenvalue weighted by Gasteiger charge is 2.45. The number of nitrogens with one attached hydrogen (secondary N) is 1. The van der Waals surface area contributed by atoms with Gasteiger partial charge < -0.3 is 19.7 Å². The van der Waals surface area contributed by atoms with Crippen molar-refractivity contribution in [3.8, 4) is 11.8 Å². The van der Waals surface area contributed by atoms with Crippen LogP contribution in [0.5, 0.6) is 11.8 Å². The SMILES string of the molecule is COc1nc(OCC2CC(F)(F)C2)c(F)cc1CN(C)C(=O)[C@@H]1CCCN1. The molecule has 27 heavy (non-hydrogen) atoms. The Morgan fingerprint density at radius 3 is 2.74 bits per heavy atom. The van der Waals surface area contributed by atoms with Crippen LogP contribution in [-0.2, 0) is 11.3 Å². The molecule has 2 aliphatic rings. The van der Waals surface area contributed by atoms with Crippen molar-refractivity contribution in [1.82, 2.24) is 15.2 Å². The van der Waals surface area contributed by atoms with Crippen molar-refractivity contribution in [3.05, 3.63) is 17.4 Å². The van der Waals surface area contributed by atoms with E-state index in [1.54, 1.807) is 7.05 Å². The van der Waals surface area contributed by atoms with Crippen molar-refractivity contribution in [3.63, 3.8) is 0 Å². The van der Waals surface area contributed by atoms with Crippen LogP contribution in [0.25, 0.3) is 0 Å². The van der Waals surface area contributed by atoms with Gasteiger partial charge in [-0.3, -0.25) is 4.79 Å². The van der Waals surface area contributed by atoms with Crippen molar-refractivity contribution < 1.29 is 27.4 Å². The second-order valence-electron chi connectivity index (χ2n) is 7.23. The van der Waals surface area contributed by atoms with Crippen LogP contribution in [-0.4, -0.2) is 55.1 Å². The lowest BCUT2D eigenvalue weighted by atomic mass is 9.82. The van der Waals surface area contributed by atoms with Gasteiger partial charge in [-0.05, 0) is 25.5 Å². The first-order valence-electron chi connectivity index (χ1n) is 9.01. The molecule has 1 aromatic rings. The number of hydrogen-bond acceptors (Lipinski definition) is 5. The van der Waals surface area contributed by atoms with Gasteiger partial charge in [0.25, 0.3) is 5.88 Å². The van der Waals surface area contributed by atoms with E-state index in [9.17, 15) is 18.0 Å². The van der Waals surface area contributed by atoms with Gasteiger partial charge in [0.1, 0.15) is 0 Å². The lowest BCUT2D eigenvalue weighted by Crippen LogP contribution is -2.41. The fourth-order valence-electron chi connectivity index (χ4n) is 3.48. The summed E-state index contributed by atoms with van der Waals surface area (Å²) in [7, 11) is 3.03. The Morgan fingerprint density at radius 2 is 2.15 bits per heavy atom. The zero-order chi connectivity index (χ0) is 19.6. The molecule has 6 nitrogen and oxygen atoms in total. The predicted octanol–water partition coefficient (Wildman–Crippen LogP) is 2.36. The molecule has 3 rings (SSSR count). The first kappa shape index (κ1) is 19.7. The molecule has 9 heteroatoms. The van der Waals surface area contributed by atoms with Crippen LogP contribution < -0.4 is 14.8 Å². The lowest BCUT2D eigenvalue weighted by molar-refractivity contribution is -0.132. The number of likely N-dealkylation sites (N-methyl/N-ethyl adjacent to an activating group) is 1. The molecule has 0 spiro atoms. The van der Waals surface area contributed by atoms with Crippen LogP contribution >= 0.6 is 0 Å². The lowest BCUT2D eigenvalue weighted by Gasteiger charge is -2.34. The molecule has 0 bridgehead atoms. The first-order valence-corrected chi connectivity index (χ1v) is 9.01. The highest BCUT2D eigenvalue weighted by atomic mass is 19.3. The molecular weight excluding hydrogens is 363 g/mol. The monoisotopic (exact) mass is 387 g/mol. The zero-order valence-electron chi connectivity index (χ0n) is 15.4. The number of rotatable bonds is 7. The van der Waals surface area contributed by atoms with Crippen molar-refractivity contribution in [2.75, 3.05) is 27.3 Å². The standard InChI is InChI=1S/C18H24F3N3O3/c1-24(17(25)14-4-3-5-22-14)9-12-6-13(19)16(23-15(12)26-2)27-10-11-7-18(20,21)8-11/h6,11,14,22H,3-5,7-10H2,1-2H3/t14-/m0/s1. The van der Waals surface area contributed by atoms with Crippen molar-refractivity contribution in [2.24, 2.45) is 5.92 Å². The number of pyridine rings is 1. The number of hydrogen-bond donors (Lipinski definition) is 1. The number of ether oxygens (including phenoxy) is 2. The minimum atomic E-state index is -2.65. The topological polar surface area (TPSA) is 63.7 Å². The number of carbonyl (C=O) groups is 1. The number of methoxy groups -OCH3 is 1. The first-order chi connectivity index (χ1) is 12.8. The van der Waals surface area contributed by atoms with E-state index in [0.717, 1.165) is 19.4 Å². The highest BCUT2D eigenvalue weighted by Crippen LogP contribution is 2.42. The van der Waals surface area contributed by atoms with Gasteiger partial charge in [-0.15, -0.1) is 0 Å². The van der Waals surface area contributed by atoms with Crippen LogP contribution in [0, 0.1) is 11.7 Å². The molecule has 2 heterocycles. The average molecular weight is 387 g/mol. The molecule has 0 unspecified atom stereocenters. The fraction of sp³-hybridized carbons (Fsp3) is 0.667. The molecule has 1 aliphatic carbocycles. The van der Waals surface area contributed by atoms with Crippen LogP contribution in [0.3, 0.4) is 0 Å². The minimum Gasteiger partial charge on any atom is -0.481 e. The number of nitrogens with zero attached hydrogens (tertiary/aromatic N) is 2. The van der Waals surface area contributed by atoms with Gasteiger partial charge in [0, 0.05) is 31.4 Å². The van der Waals surface area contributed by atoms with Gasteiger partial charge in [0.15, 0.2) is 5.82 Å². The zero-order valence-corrected chi connectivity index (χ0v) is 15.4. The maximum absolute atomic E-state index is 14.3. The fourth-order valence-corrected chi connectivity index (χ4v) is 3.48. The van der Waals surface area contributed by atoms with Gasteiger partial charge in [0.2, 0.25) is 17.7 Å². The summed E-state index contributed by atoms with van der Waals surface area (Å²) in [4.78, 5) is 17.9. The van der Waals surface area contributed by atoms with E-state index in [2.05, 4.69) is 10.3 Å². The quantitative estimate of drug-likeness (QED) is 0.778. The summed E-state index contributed by atoms with van der Waals surface area (Å²) in [6, 6.07) is 0.990. The summed E-state index contributed by atoms with van der Waals surface area (Å²) < 4.78 is 50.5. The second kappa shape index (κ2) is 7.92. The molecule has 1 saturated carbocycles. The predicted molar refractivity (Wildman–Crippen MR) is 91.4 cm³/mol. The van der Waals surface area contributed by atoms with Crippen molar-refractivity contribution in [1.29, 1.82) is 0 Å². The van der Waals surface area contributed by atoms with Gasteiger partial charge in [-0.25, -0.2) is 13.2 Å². The van der Waals surface area contributed by atoms with E-state index in [0.29, 0.717) is 5.56 Å². The number of aromatic nitrogens is 1. The van der Waals surface area contributed by atoms with Gasteiger partial charge in [-0.2, -0.15) is 4.98 Å². The smallest absolute Gasteiger partial charge is 0.253 e. The van der Waals surface area contributed by atoms with Crippen molar-refractivity contribution >= 4 is 5.91 Å². The third kappa shape index (κ3) is 4.63. The largest absolute Gasteiger partial charge is 0.481 e. The number of halogens is 3. The summed E-state index contributed by atoms with van der Waals surface area (Å²) in [6.07, 6.45) is 1.21. The summed E-state index contributed by atoms with van der Waals surface area (Å²) in [5, 5.41) is 3.13. The molecular formula is C18H24F3N3O3. The third-order valence-electron chi connectivity index (χ3n) is 4.95. The van der Waals surface area contributed by atoms with Crippen LogP contribution in [0.15, 0.2) is 6.07 Å². The van der Waals surface area contributed by atoms with E-state index >= 15 is 0 Å². The maximum atomic E-state index is 14.3. The van der Waals surface area contributed by atoms with Crippen LogP contribution in [0.1, 0.15) is 31.2 Å². The molecule has 0 aromatic carbocycles. The van der Waals surface area contributed by atoms with E-state index < -0.39 is 11.7 Å². The highest BCUT2D eigenvalue weighted by molar-refractivity contribution is 5.82. The Hall–Kier alpha value is -2.03. The molecule has 1 amide bonds. The second-order valence-corrected chi connectivity index (χ2v) is 7.23. The van der Waals surface area contributed by atoms with E-state index in [-0.39, 0.29) is 55.6 Å². The normalized spacial score (nSPS) is 21.6. The molecule has 1 atom stereocenters. The Morgan fingerprint density at radius 1 is 1.41 bits per heavy atom. The summed E-state index contributed by atoms with van der Waals surface area (Å²) >= 11 is 0. The Labute approximate surface area is 156 Å². The molecule has 0 radical (unpaired) electrons. The number of amides is 1. The Kier molecular flexibility index (Phi) is 5.78. The molecule has 150 valence electrons. The molecule has 2 fully saturated rings. The van der Waals surface area contributed by atoms with E-state index in [1.165, 1.54) is 18.1 Å².